The Kier molecular flexibility index (Phi) is 5.44. The summed E-state index contributed by atoms with van der Waals surface area (Å²) in [5, 5.41) is 12.8. The van der Waals surface area contributed by atoms with Crippen LogP contribution in [0.5, 0.6) is 5.75 Å². The lowest BCUT2D eigenvalue weighted by molar-refractivity contribution is 0.415. The van der Waals surface area contributed by atoms with Crippen LogP contribution in [0, 0.1) is 6.92 Å². The highest BCUT2D eigenvalue weighted by Crippen LogP contribution is 2.27. The molecule has 0 saturated heterocycles. The molecular formula is C23H25N5O. The smallest absolute Gasteiger partial charge is 0.119 e. The van der Waals surface area contributed by atoms with Gasteiger partial charge in [0, 0.05) is 49.2 Å². The summed E-state index contributed by atoms with van der Waals surface area (Å²) in [6.07, 6.45) is 4.14. The van der Waals surface area contributed by atoms with E-state index < -0.39 is 0 Å². The SMILES string of the molecule is COc1cccc(-c2nn(-c3ccccc3)cc2CNCc2cn(C)nc2C)c1. The zero-order valence-corrected chi connectivity index (χ0v) is 17.0. The molecule has 6 heteroatoms. The minimum absolute atomic E-state index is 0.702. The maximum absolute atomic E-state index is 5.40. The van der Waals surface area contributed by atoms with Crippen LogP contribution in [0.1, 0.15) is 16.8 Å². The minimum atomic E-state index is 0.702. The van der Waals surface area contributed by atoms with E-state index in [0.29, 0.717) is 6.54 Å². The Balaban J connectivity index is 1.63. The number of nitrogens with zero attached hydrogens (tertiary/aromatic N) is 4. The lowest BCUT2D eigenvalue weighted by Crippen LogP contribution is -2.13. The molecule has 0 fully saturated rings. The molecular weight excluding hydrogens is 362 g/mol. The van der Waals surface area contributed by atoms with Crippen LogP contribution >= 0.6 is 0 Å². The van der Waals surface area contributed by atoms with Gasteiger partial charge in [0.25, 0.3) is 0 Å². The number of nitrogens with one attached hydrogen (secondary N) is 1. The van der Waals surface area contributed by atoms with E-state index in [4.69, 9.17) is 9.84 Å². The summed E-state index contributed by atoms with van der Waals surface area (Å²) < 4.78 is 9.18. The van der Waals surface area contributed by atoms with Crippen LogP contribution in [-0.4, -0.2) is 26.7 Å². The number of aryl methyl sites for hydroxylation is 2. The van der Waals surface area contributed by atoms with Crippen LogP contribution in [0.25, 0.3) is 16.9 Å². The monoisotopic (exact) mass is 387 g/mol. The molecule has 0 unspecified atom stereocenters. The van der Waals surface area contributed by atoms with Gasteiger partial charge in [0.05, 0.1) is 24.2 Å². The van der Waals surface area contributed by atoms with Crippen molar-refractivity contribution in [2.24, 2.45) is 7.05 Å². The van der Waals surface area contributed by atoms with Gasteiger partial charge >= 0.3 is 0 Å². The van der Waals surface area contributed by atoms with Crippen molar-refractivity contribution in [3.63, 3.8) is 0 Å². The second-order valence-corrected chi connectivity index (χ2v) is 7.03. The van der Waals surface area contributed by atoms with Crippen LogP contribution in [-0.2, 0) is 20.1 Å². The Morgan fingerprint density at radius 3 is 2.45 bits per heavy atom. The molecule has 4 rings (SSSR count). The van der Waals surface area contributed by atoms with E-state index in [9.17, 15) is 0 Å². The first-order valence-electron chi connectivity index (χ1n) is 9.62. The minimum Gasteiger partial charge on any atom is -0.497 e. The van der Waals surface area contributed by atoms with Crippen LogP contribution in [0.15, 0.2) is 67.0 Å². The van der Waals surface area contributed by atoms with Crippen molar-refractivity contribution >= 4 is 0 Å². The summed E-state index contributed by atoms with van der Waals surface area (Å²) in [7, 11) is 3.63. The lowest BCUT2D eigenvalue weighted by Gasteiger charge is -2.06. The maximum Gasteiger partial charge on any atom is 0.119 e. The Morgan fingerprint density at radius 1 is 0.931 bits per heavy atom. The lowest BCUT2D eigenvalue weighted by atomic mass is 10.1. The van der Waals surface area contributed by atoms with E-state index in [2.05, 4.69) is 41.0 Å². The number of hydrogen-bond donors (Lipinski definition) is 1. The maximum atomic E-state index is 5.40. The van der Waals surface area contributed by atoms with Gasteiger partial charge < -0.3 is 10.1 Å². The molecule has 6 nitrogen and oxygen atoms in total. The van der Waals surface area contributed by atoms with Crippen molar-refractivity contribution in [2.45, 2.75) is 20.0 Å². The molecule has 0 saturated carbocycles. The second kappa shape index (κ2) is 8.32. The third-order valence-electron chi connectivity index (χ3n) is 4.90. The first-order chi connectivity index (χ1) is 14.1. The molecule has 0 bridgehead atoms. The Bertz CT molecular complexity index is 1100. The van der Waals surface area contributed by atoms with Gasteiger partial charge in [-0.05, 0) is 31.2 Å². The Morgan fingerprint density at radius 2 is 1.72 bits per heavy atom. The van der Waals surface area contributed by atoms with Gasteiger partial charge in [-0.1, -0.05) is 30.3 Å². The molecule has 0 aliphatic rings. The standard InChI is InChI=1S/C23H25N5O/c1-17-19(15-27(2)25-17)13-24-14-20-16-28(21-9-5-4-6-10-21)26-23(20)18-8-7-11-22(12-18)29-3/h4-12,15-16,24H,13-14H2,1-3H3. The summed E-state index contributed by atoms with van der Waals surface area (Å²) in [4.78, 5) is 0. The topological polar surface area (TPSA) is 56.9 Å². The van der Waals surface area contributed by atoms with Gasteiger partial charge in [0.15, 0.2) is 0 Å². The number of rotatable bonds is 7. The van der Waals surface area contributed by atoms with Crippen LogP contribution < -0.4 is 10.1 Å². The fourth-order valence-electron chi connectivity index (χ4n) is 3.42. The molecule has 2 heterocycles. The van der Waals surface area contributed by atoms with E-state index in [1.54, 1.807) is 7.11 Å². The van der Waals surface area contributed by atoms with Crippen molar-refractivity contribution in [1.29, 1.82) is 0 Å². The van der Waals surface area contributed by atoms with Gasteiger partial charge in [0.2, 0.25) is 0 Å². The van der Waals surface area contributed by atoms with Crippen LogP contribution in [0.2, 0.25) is 0 Å². The predicted octanol–water partition coefficient (Wildman–Crippen LogP) is 3.88. The Labute approximate surface area is 170 Å². The summed E-state index contributed by atoms with van der Waals surface area (Å²) in [6.45, 7) is 3.49. The molecule has 29 heavy (non-hydrogen) atoms. The second-order valence-electron chi connectivity index (χ2n) is 7.03. The highest BCUT2D eigenvalue weighted by atomic mass is 16.5. The van der Waals surface area contributed by atoms with E-state index in [-0.39, 0.29) is 0 Å². The van der Waals surface area contributed by atoms with E-state index in [1.807, 2.05) is 59.7 Å². The average Bonchev–Trinajstić information content (AvgIpc) is 3.31. The first-order valence-corrected chi connectivity index (χ1v) is 9.62. The molecule has 1 N–H and O–H groups in total. The summed E-state index contributed by atoms with van der Waals surface area (Å²) in [6, 6.07) is 18.2. The molecule has 0 spiro atoms. The third-order valence-corrected chi connectivity index (χ3v) is 4.90. The number of aromatic nitrogens is 4. The van der Waals surface area contributed by atoms with Crippen molar-refractivity contribution in [3.8, 4) is 22.7 Å². The van der Waals surface area contributed by atoms with Gasteiger partial charge in [-0.2, -0.15) is 10.2 Å². The van der Waals surface area contributed by atoms with Crippen molar-refractivity contribution < 1.29 is 4.74 Å². The number of ether oxygens (including phenoxy) is 1. The highest BCUT2D eigenvalue weighted by molar-refractivity contribution is 5.65. The molecule has 2 aromatic carbocycles. The summed E-state index contributed by atoms with van der Waals surface area (Å²) >= 11 is 0. The fourth-order valence-corrected chi connectivity index (χ4v) is 3.42. The molecule has 0 aliphatic carbocycles. The largest absolute Gasteiger partial charge is 0.497 e. The van der Waals surface area contributed by atoms with Crippen LogP contribution in [0.4, 0.5) is 0 Å². The molecule has 148 valence electrons. The van der Waals surface area contributed by atoms with Crippen molar-refractivity contribution in [1.82, 2.24) is 24.9 Å². The van der Waals surface area contributed by atoms with Gasteiger partial charge in [-0.15, -0.1) is 0 Å². The zero-order valence-electron chi connectivity index (χ0n) is 17.0. The summed E-state index contributed by atoms with van der Waals surface area (Å²) in [5.74, 6) is 0.821. The van der Waals surface area contributed by atoms with Gasteiger partial charge in [-0.25, -0.2) is 4.68 Å². The molecule has 0 amide bonds. The number of methoxy groups -OCH3 is 1. The third kappa shape index (κ3) is 4.22. The van der Waals surface area contributed by atoms with E-state index in [1.165, 1.54) is 5.56 Å². The highest BCUT2D eigenvalue weighted by Gasteiger charge is 2.13. The molecule has 4 aromatic rings. The zero-order chi connectivity index (χ0) is 20.2. The molecule has 2 aromatic heterocycles. The molecule has 0 radical (unpaired) electrons. The Hall–Kier alpha value is -3.38. The molecule has 0 aliphatic heterocycles. The first kappa shape index (κ1) is 19.0. The number of hydrogen-bond acceptors (Lipinski definition) is 4. The normalized spacial score (nSPS) is 11.0. The van der Waals surface area contributed by atoms with Gasteiger partial charge in [-0.3, -0.25) is 4.68 Å². The quantitative estimate of drug-likeness (QED) is 0.523. The average molecular weight is 387 g/mol. The van der Waals surface area contributed by atoms with Crippen molar-refractivity contribution in [3.05, 3.63) is 83.8 Å². The predicted molar refractivity (Wildman–Crippen MR) is 114 cm³/mol. The van der Waals surface area contributed by atoms with Gasteiger partial charge in [0.1, 0.15) is 5.75 Å². The fraction of sp³-hybridized carbons (Fsp3) is 0.217. The molecule has 0 atom stereocenters. The number of para-hydroxylation sites is 1. The van der Waals surface area contributed by atoms with E-state index in [0.717, 1.165) is 40.5 Å². The van der Waals surface area contributed by atoms with Crippen molar-refractivity contribution in [2.75, 3.05) is 7.11 Å². The van der Waals surface area contributed by atoms with E-state index >= 15 is 0 Å². The van der Waals surface area contributed by atoms with Crippen LogP contribution in [0.3, 0.4) is 0 Å². The summed E-state index contributed by atoms with van der Waals surface area (Å²) in [5.41, 5.74) is 6.39. The number of benzene rings is 2.